The van der Waals surface area contributed by atoms with E-state index in [-0.39, 0.29) is 29.9 Å². The second kappa shape index (κ2) is 10.3. The van der Waals surface area contributed by atoms with Crippen LogP contribution in [-0.2, 0) is 11.3 Å². The number of hydrogen-bond donors (Lipinski definition) is 2. The van der Waals surface area contributed by atoms with Crippen molar-refractivity contribution in [3.05, 3.63) is 23.9 Å². The van der Waals surface area contributed by atoms with Gasteiger partial charge in [-0.1, -0.05) is 6.07 Å². The van der Waals surface area contributed by atoms with Gasteiger partial charge in [-0.3, -0.25) is 9.79 Å². The summed E-state index contributed by atoms with van der Waals surface area (Å²) in [4.78, 5) is 21.8. The van der Waals surface area contributed by atoms with E-state index in [1.807, 2.05) is 23.1 Å². The molecule has 0 atom stereocenters. The van der Waals surface area contributed by atoms with Crippen molar-refractivity contribution in [1.82, 2.24) is 20.5 Å². The molecule has 0 unspecified atom stereocenters. The van der Waals surface area contributed by atoms with Crippen LogP contribution in [0.15, 0.2) is 23.2 Å². The van der Waals surface area contributed by atoms with Crippen molar-refractivity contribution in [3.63, 3.8) is 0 Å². The van der Waals surface area contributed by atoms with E-state index < -0.39 is 0 Å². The molecule has 7 nitrogen and oxygen atoms in total. The van der Waals surface area contributed by atoms with Crippen LogP contribution < -0.4 is 15.4 Å². The quantitative estimate of drug-likeness (QED) is 0.415. The number of hydrogen-bond acceptors (Lipinski definition) is 4. The normalized spacial score (nSPS) is 15.5. The van der Waals surface area contributed by atoms with E-state index in [2.05, 4.69) is 20.6 Å². The van der Waals surface area contributed by atoms with Crippen molar-refractivity contribution >= 4 is 35.8 Å². The summed E-state index contributed by atoms with van der Waals surface area (Å²) in [7, 11) is 3.35. The summed E-state index contributed by atoms with van der Waals surface area (Å²) in [5, 5.41) is 6.66. The monoisotopic (exact) mass is 447 g/mol. The Morgan fingerprint density at radius 2 is 2.12 bits per heavy atom. The Kier molecular flexibility index (Phi) is 8.80. The molecule has 0 spiro atoms. The number of pyridine rings is 1. The third-order valence-corrected chi connectivity index (χ3v) is 3.93. The minimum atomic E-state index is 0. The highest BCUT2D eigenvalue weighted by molar-refractivity contribution is 14.0. The van der Waals surface area contributed by atoms with Crippen molar-refractivity contribution < 1.29 is 9.53 Å². The Labute approximate surface area is 160 Å². The van der Waals surface area contributed by atoms with Gasteiger partial charge in [0, 0.05) is 39.2 Å². The number of rotatable bonds is 4. The first-order valence-electron chi connectivity index (χ1n) is 7.85. The number of aliphatic imine (C=N–C) groups is 1. The number of methoxy groups -OCH3 is 1. The molecule has 134 valence electrons. The van der Waals surface area contributed by atoms with E-state index in [1.54, 1.807) is 21.1 Å². The average molecular weight is 447 g/mol. The summed E-state index contributed by atoms with van der Waals surface area (Å²) in [5.74, 6) is 1.50. The predicted molar refractivity (Wildman–Crippen MR) is 105 cm³/mol. The number of nitrogens with zero attached hydrogens (tertiary/aromatic N) is 3. The van der Waals surface area contributed by atoms with Crippen LogP contribution >= 0.6 is 24.0 Å². The van der Waals surface area contributed by atoms with Gasteiger partial charge in [-0.2, -0.15) is 0 Å². The van der Waals surface area contributed by atoms with E-state index in [9.17, 15) is 4.79 Å². The topological polar surface area (TPSA) is 78.9 Å². The van der Waals surface area contributed by atoms with E-state index in [4.69, 9.17) is 4.74 Å². The van der Waals surface area contributed by atoms with Gasteiger partial charge in [0.2, 0.25) is 11.8 Å². The van der Waals surface area contributed by atoms with Gasteiger partial charge < -0.3 is 20.3 Å². The number of piperidine rings is 1. The SMILES string of the molecule is CN=C(NCc1cccc(OC)n1)NC1CCN(C(C)=O)CC1.I. The Balaban J connectivity index is 0.00000288. The molecule has 0 aliphatic carbocycles. The Morgan fingerprint density at radius 3 is 2.71 bits per heavy atom. The number of aromatic nitrogens is 1. The zero-order valence-corrected chi connectivity index (χ0v) is 16.7. The van der Waals surface area contributed by atoms with Crippen molar-refractivity contribution in [3.8, 4) is 5.88 Å². The van der Waals surface area contributed by atoms with Gasteiger partial charge in [0.1, 0.15) is 0 Å². The molecular weight excluding hydrogens is 421 g/mol. The summed E-state index contributed by atoms with van der Waals surface area (Å²) in [6.07, 6.45) is 1.86. The molecule has 0 saturated carbocycles. The number of likely N-dealkylation sites (tertiary alicyclic amines) is 1. The molecule has 1 aliphatic rings. The summed E-state index contributed by atoms with van der Waals surface area (Å²) in [5.41, 5.74) is 0.888. The molecule has 0 bridgehead atoms. The molecule has 1 aromatic heterocycles. The first-order chi connectivity index (χ1) is 11.1. The van der Waals surface area contributed by atoms with E-state index in [0.717, 1.165) is 37.6 Å². The number of amides is 1. The summed E-state index contributed by atoms with van der Waals surface area (Å²) < 4.78 is 5.12. The van der Waals surface area contributed by atoms with E-state index in [1.165, 1.54) is 0 Å². The zero-order chi connectivity index (χ0) is 16.7. The number of guanidine groups is 1. The molecule has 2 heterocycles. The van der Waals surface area contributed by atoms with Gasteiger partial charge in [0.05, 0.1) is 19.3 Å². The standard InChI is InChI=1S/C16H25N5O2.HI/c1-12(22)21-9-7-13(8-10-21)20-16(17-2)18-11-14-5-4-6-15(19-14)23-3;/h4-6,13H,7-11H2,1-3H3,(H2,17,18,20);1H. The highest BCUT2D eigenvalue weighted by Gasteiger charge is 2.21. The molecule has 1 fully saturated rings. The van der Waals surface area contributed by atoms with Crippen LogP contribution in [0.3, 0.4) is 0 Å². The maximum Gasteiger partial charge on any atom is 0.219 e. The molecule has 1 amide bonds. The summed E-state index contributed by atoms with van der Waals surface area (Å²) >= 11 is 0. The predicted octanol–water partition coefficient (Wildman–Crippen LogP) is 1.38. The van der Waals surface area contributed by atoms with Gasteiger partial charge in [-0.15, -0.1) is 24.0 Å². The van der Waals surface area contributed by atoms with Crippen molar-refractivity contribution in [1.29, 1.82) is 0 Å². The lowest BCUT2D eigenvalue weighted by Gasteiger charge is -2.32. The first-order valence-corrected chi connectivity index (χ1v) is 7.85. The van der Waals surface area contributed by atoms with Crippen LogP contribution in [-0.4, -0.2) is 55.0 Å². The molecule has 0 aromatic carbocycles. The van der Waals surface area contributed by atoms with Gasteiger partial charge in [-0.25, -0.2) is 4.98 Å². The maximum absolute atomic E-state index is 11.3. The second-order valence-corrected chi connectivity index (χ2v) is 5.52. The molecule has 8 heteroatoms. The molecule has 2 N–H and O–H groups in total. The highest BCUT2D eigenvalue weighted by Crippen LogP contribution is 2.10. The maximum atomic E-state index is 11.3. The molecule has 0 radical (unpaired) electrons. The van der Waals surface area contributed by atoms with E-state index in [0.29, 0.717) is 18.5 Å². The number of carbonyl (C=O) groups is 1. The number of nitrogens with one attached hydrogen (secondary N) is 2. The minimum absolute atomic E-state index is 0. The van der Waals surface area contributed by atoms with Crippen LogP contribution in [0.1, 0.15) is 25.5 Å². The lowest BCUT2D eigenvalue weighted by Crippen LogP contribution is -2.49. The number of carbonyl (C=O) groups excluding carboxylic acids is 1. The van der Waals surface area contributed by atoms with Crippen LogP contribution in [0.5, 0.6) is 5.88 Å². The van der Waals surface area contributed by atoms with Crippen LogP contribution in [0.25, 0.3) is 0 Å². The molecule has 1 saturated heterocycles. The number of ether oxygens (including phenoxy) is 1. The third kappa shape index (κ3) is 6.14. The van der Waals surface area contributed by atoms with E-state index >= 15 is 0 Å². The van der Waals surface area contributed by atoms with Crippen molar-refractivity contribution in [2.24, 2.45) is 4.99 Å². The highest BCUT2D eigenvalue weighted by atomic mass is 127. The Hall–Kier alpha value is -1.58. The molecule has 1 aromatic rings. The molecule has 24 heavy (non-hydrogen) atoms. The lowest BCUT2D eigenvalue weighted by atomic mass is 10.1. The van der Waals surface area contributed by atoms with Crippen LogP contribution in [0.2, 0.25) is 0 Å². The second-order valence-electron chi connectivity index (χ2n) is 5.52. The lowest BCUT2D eigenvalue weighted by molar-refractivity contribution is -0.129. The minimum Gasteiger partial charge on any atom is -0.481 e. The first kappa shape index (κ1) is 20.5. The third-order valence-electron chi connectivity index (χ3n) is 3.93. The Bertz CT molecular complexity index is 559. The van der Waals surface area contributed by atoms with Gasteiger partial charge >= 0.3 is 0 Å². The van der Waals surface area contributed by atoms with Crippen molar-refractivity contribution in [2.45, 2.75) is 32.4 Å². The van der Waals surface area contributed by atoms with Crippen LogP contribution in [0, 0.1) is 0 Å². The number of halogens is 1. The fourth-order valence-electron chi connectivity index (χ4n) is 2.57. The fourth-order valence-corrected chi connectivity index (χ4v) is 2.57. The smallest absolute Gasteiger partial charge is 0.219 e. The average Bonchev–Trinajstić information content (AvgIpc) is 2.59. The van der Waals surface area contributed by atoms with Gasteiger partial charge in [-0.05, 0) is 18.9 Å². The molecule has 1 aliphatic heterocycles. The molecule has 2 rings (SSSR count). The summed E-state index contributed by atoms with van der Waals surface area (Å²) in [6, 6.07) is 6.00. The van der Waals surface area contributed by atoms with Crippen molar-refractivity contribution in [2.75, 3.05) is 27.2 Å². The summed E-state index contributed by atoms with van der Waals surface area (Å²) in [6.45, 7) is 3.78. The van der Waals surface area contributed by atoms with Gasteiger partial charge in [0.15, 0.2) is 5.96 Å². The Morgan fingerprint density at radius 1 is 1.42 bits per heavy atom. The zero-order valence-electron chi connectivity index (χ0n) is 14.4. The molecular formula is C16H26IN5O2. The fraction of sp³-hybridized carbons (Fsp3) is 0.562. The largest absolute Gasteiger partial charge is 0.481 e. The van der Waals surface area contributed by atoms with Gasteiger partial charge in [0.25, 0.3) is 0 Å². The van der Waals surface area contributed by atoms with Crippen LogP contribution in [0.4, 0.5) is 0 Å².